The minimum absolute atomic E-state index is 0. The van der Waals surface area contributed by atoms with Crippen LogP contribution in [-0.2, 0) is 0 Å². The molecular weight excluding hydrogens is 228 g/mol. The van der Waals surface area contributed by atoms with Gasteiger partial charge in [-0.05, 0) is 0 Å². The Morgan fingerprint density at radius 1 is 0.316 bits per heavy atom. The van der Waals surface area contributed by atoms with E-state index in [-0.39, 0.29) is 44.6 Å². The fourth-order valence-electron chi connectivity index (χ4n) is 1.74. The van der Waals surface area contributed by atoms with Gasteiger partial charge < -0.3 is 0 Å². The Kier molecular flexibility index (Phi) is 96.7. The predicted molar refractivity (Wildman–Crippen MR) is 103 cm³/mol. The van der Waals surface area contributed by atoms with Gasteiger partial charge in [-0.2, -0.15) is 0 Å². The first-order valence-electron chi connectivity index (χ1n) is 6.41. The van der Waals surface area contributed by atoms with Crippen molar-refractivity contribution in [1.29, 1.82) is 0 Å². The molecule has 0 rings (SSSR count). The third kappa shape index (κ3) is 46.1. The maximum Gasteiger partial charge on any atom is -0.0533 e. The number of unbranched alkanes of at least 4 members (excludes halogenated alkanes) is 10. The topological polar surface area (TPSA) is 0 Å². The fourth-order valence-corrected chi connectivity index (χ4v) is 1.74. The van der Waals surface area contributed by atoms with Gasteiger partial charge >= 0.3 is 0 Å². The van der Waals surface area contributed by atoms with Crippen molar-refractivity contribution in [2.45, 2.75) is 129 Å². The van der Waals surface area contributed by atoms with E-state index in [0.29, 0.717) is 0 Å². The average molecular weight is 281 g/mol. The molecule has 0 bridgehead atoms. The smallest absolute Gasteiger partial charge is 0.0533 e. The lowest BCUT2D eigenvalue weighted by atomic mass is 10.1. The van der Waals surface area contributed by atoms with E-state index in [9.17, 15) is 0 Å². The Balaban J connectivity index is -0.0000000480. The molecule has 0 saturated carbocycles. The maximum atomic E-state index is 2.28. The molecule has 128 valence electrons. The average Bonchev–Trinajstić information content (AvgIpc) is 2.16. The highest BCUT2D eigenvalue weighted by atomic mass is 14.0. The quantitative estimate of drug-likeness (QED) is 0.350. The third-order valence-corrected chi connectivity index (χ3v) is 2.71. The van der Waals surface area contributed by atoms with Gasteiger partial charge in [-0.3, -0.25) is 0 Å². The van der Waals surface area contributed by atoms with E-state index in [4.69, 9.17) is 0 Å². The van der Waals surface area contributed by atoms with Gasteiger partial charge in [0.1, 0.15) is 0 Å². The number of hydrogen-bond acceptors (Lipinski definition) is 0. The van der Waals surface area contributed by atoms with Crippen LogP contribution < -0.4 is 0 Å². The zero-order valence-electron chi connectivity index (χ0n) is 9.78. The number of hydrogen-bond donors (Lipinski definition) is 0. The second-order valence-electron chi connectivity index (χ2n) is 4.18. The van der Waals surface area contributed by atoms with Gasteiger partial charge in [-0.15, -0.1) is 0 Å². The van der Waals surface area contributed by atoms with E-state index in [1.807, 2.05) is 0 Å². The summed E-state index contributed by atoms with van der Waals surface area (Å²) in [6.07, 6.45) is 15.9. The molecule has 0 N–H and O–H groups in total. The second-order valence-corrected chi connectivity index (χ2v) is 4.18. The van der Waals surface area contributed by atoms with Crippen molar-refractivity contribution in [3.05, 3.63) is 0 Å². The van der Waals surface area contributed by atoms with Crippen molar-refractivity contribution in [3.63, 3.8) is 0 Å². The molecule has 0 spiro atoms. The van der Waals surface area contributed by atoms with Crippen LogP contribution in [0.25, 0.3) is 0 Å². The Labute approximate surface area is 129 Å². The summed E-state index contributed by atoms with van der Waals surface area (Å²) in [5.41, 5.74) is 0. The SMILES string of the molecule is C.C.C.C.C.C.CCCCCCCCCCCCC. The molecular formula is C19H52. The first-order valence-corrected chi connectivity index (χ1v) is 6.41. The third-order valence-electron chi connectivity index (χ3n) is 2.71. The van der Waals surface area contributed by atoms with Gasteiger partial charge in [0.2, 0.25) is 0 Å². The minimum Gasteiger partial charge on any atom is -0.0776 e. The molecule has 0 aromatic heterocycles. The molecule has 0 unspecified atom stereocenters. The van der Waals surface area contributed by atoms with Gasteiger partial charge in [-0.1, -0.05) is 129 Å². The van der Waals surface area contributed by atoms with Crippen LogP contribution in [0.3, 0.4) is 0 Å². The molecule has 0 heterocycles. The molecule has 0 nitrogen and oxygen atoms in total. The molecule has 0 aromatic rings. The summed E-state index contributed by atoms with van der Waals surface area (Å²) < 4.78 is 0. The minimum atomic E-state index is 0. The summed E-state index contributed by atoms with van der Waals surface area (Å²) in [6.45, 7) is 4.56. The van der Waals surface area contributed by atoms with Crippen LogP contribution in [0.2, 0.25) is 0 Å². The fraction of sp³-hybridized carbons (Fsp3) is 1.00. The highest BCUT2D eigenvalue weighted by molar-refractivity contribution is 4.46. The molecule has 0 aliphatic rings. The van der Waals surface area contributed by atoms with Crippen molar-refractivity contribution in [1.82, 2.24) is 0 Å². The first kappa shape index (κ1) is 42.8. The van der Waals surface area contributed by atoms with Crippen LogP contribution >= 0.6 is 0 Å². The van der Waals surface area contributed by atoms with Crippen LogP contribution in [0.1, 0.15) is 129 Å². The van der Waals surface area contributed by atoms with Crippen LogP contribution in [0, 0.1) is 0 Å². The van der Waals surface area contributed by atoms with Gasteiger partial charge in [0, 0.05) is 0 Å². The largest absolute Gasteiger partial charge is 0.0776 e. The van der Waals surface area contributed by atoms with Crippen molar-refractivity contribution in [3.8, 4) is 0 Å². The highest BCUT2D eigenvalue weighted by Gasteiger charge is 1.90. The Morgan fingerprint density at radius 2 is 0.474 bits per heavy atom. The molecule has 0 aromatic carbocycles. The lowest BCUT2D eigenvalue weighted by Crippen LogP contribution is -1.80. The normalized spacial score (nSPS) is 7.26. The summed E-state index contributed by atoms with van der Waals surface area (Å²) in [5.74, 6) is 0. The number of rotatable bonds is 10. The van der Waals surface area contributed by atoms with Gasteiger partial charge in [0.05, 0.1) is 0 Å². The lowest BCUT2D eigenvalue weighted by molar-refractivity contribution is 0.554. The zero-order valence-corrected chi connectivity index (χ0v) is 9.78. The van der Waals surface area contributed by atoms with E-state index in [0.717, 1.165) is 0 Å². The molecule has 0 amide bonds. The highest BCUT2D eigenvalue weighted by Crippen LogP contribution is 2.10. The summed E-state index contributed by atoms with van der Waals surface area (Å²) in [6, 6.07) is 0. The van der Waals surface area contributed by atoms with E-state index >= 15 is 0 Å². The molecule has 19 heavy (non-hydrogen) atoms. The van der Waals surface area contributed by atoms with E-state index in [1.54, 1.807) is 0 Å². The van der Waals surface area contributed by atoms with E-state index in [2.05, 4.69) is 13.8 Å². The first-order chi connectivity index (χ1) is 6.41. The van der Waals surface area contributed by atoms with Gasteiger partial charge in [0.15, 0.2) is 0 Å². The second kappa shape index (κ2) is 43.0. The van der Waals surface area contributed by atoms with Crippen LogP contribution in [0.15, 0.2) is 0 Å². The Hall–Kier alpha value is 0. The monoisotopic (exact) mass is 280 g/mol. The Bertz CT molecular complexity index is 66.1. The maximum absolute atomic E-state index is 2.28. The van der Waals surface area contributed by atoms with Crippen molar-refractivity contribution in [2.24, 2.45) is 0 Å². The predicted octanol–water partition coefficient (Wildman–Crippen LogP) is 9.13. The van der Waals surface area contributed by atoms with Gasteiger partial charge in [0.25, 0.3) is 0 Å². The molecule has 0 aliphatic carbocycles. The van der Waals surface area contributed by atoms with E-state index in [1.165, 1.54) is 70.6 Å². The van der Waals surface area contributed by atoms with Crippen molar-refractivity contribution in [2.75, 3.05) is 0 Å². The Morgan fingerprint density at radius 3 is 0.632 bits per heavy atom. The lowest BCUT2D eigenvalue weighted by Gasteiger charge is -2.00. The molecule has 0 radical (unpaired) electrons. The zero-order chi connectivity index (χ0) is 9.78. The molecule has 0 fully saturated rings. The van der Waals surface area contributed by atoms with E-state index < -0.39 is 0 Å². The van der Waals surface area contributed by atoms with Crippen molar-refractivity contribution >= 4 is 0 Å². The standard InChI is InChI=1S/C13H28.6CH4/c1-3-5-7-9-11-13-12-10-8-6-4-2;;;;;;/h3-13H2,1-2H3;6*1H4. The molecule has 0 atom stereocenters. The van der Waals surface area contributed by atoms with Crippen LogP contribution in [0.5, 0.6) is 0 Å². The molecule has 0 aliphatic heterocycles. The molecule has 0 heteroatoms. The summed E-state index contributed by atoms with van der Waals surface area (Å²) in [7, 11) is 0. The summed E-state index contributed by atoms with van der Waals surface area (Å²) in [4.78, 5) is 0. The summed E-state index contributed by atoms with van der Waals surface area (Å²) >= 11 is 0. The molecule has 0 saturated heterocycles. The van der Waals surface area contributed by atoms with Crippen LogP contribution in [-0.4, -0.2) is 0 Å². The van der Waals surface area contributed by atoms with Gasteiger partial charge in [-0.25, -0.2) is 0 Å². The van der Waals surface area contributed by atoms with Crippen LogP contribution in [0.4, 0.5) is 0 Å². The van der Waals surface area contributed by atoms with Crippen molar-refractivity contribution < 1.29 is 0 Å². The summed E-state index contributed by atoms with van der Waals surface area (Å²) in [5, 5.41) is 0.